The SMILES string of the molecule is CN(C)CC(C)(C)CNC1CCC(c2ccccc2)CC1. The Morgan fingerprint density at radius 1 is 1.05 bits per heavy atom. The summed E-state index contributed by atoms with van der Waals surface area (Å²) in [5.41, 5.74) is 1.88. The van der Waals surface area contributed by atoms with E-state index in [-0.39, 0.29) is 0 Å². The summed E-state index contributed by atoms with van der Waals surface area (Å²) in [5, 5.41) is 3.81. The van der Waals surface area contributed by atoms with Gasteiger partial charge in [0.2, 0.25) is 0 Å². The van der Waals surface area contributed by atoms with Crippen LogP contribution >= 0.6 is 0 Å². The third kappa shape index (κ3) is 5.44. The average Bonchev–Trinajstić information content (AvgIpc) is 2.45. The van der Waals surface area contributed by atoms with E-state index >= 15 is 0 Å². The van der Waals surface area contributed by atoms with Crippen LogP contribution in [0, 0.1) is 5.41 Å². The van der Waals surface area contributed by atoms with Crippen LogP contribution in [0.15, 0.2) is 30.3 Å². The molecule has 0 spiro atoms. The zero-order valence-electron chi connectivity index (χ0n) is 14.2. The van der Waals surface area contributed by atoms with Crippen molar-refractivity contribution < 1.29 is 0 Å². The van der Waals surface area contributed by atoms with Gasteiger partial charge in [-0.05, 0) is 56.7 Å². The average molecular weight is 288 g/mol. The molecule has 2 rings (SSSR count). The molecule has 118 valence electrons. The second-order valence-electron chi connectivity index (χ2n) is 7.74. The van der Waals surface area contributed by atoms with Crippen molar-refractivity contribution in [1.29, 1.82) is 0 Å². The van der Waals surface area contributed by atoms with Gasteiger partial charge in [-0.25, -0.2) is 0 Å². The Hall–Kier alpha value is -0.860. The lowest BCUT2D eigenvalue weighted by Crippen LogP contribution is -2.42. The standard InChI is InChI=1S/C19H32N2/c1-19(2,15-21(3)4)14-20-18-12-10-17(11-13-18)16-8-6-5-7-9-16/h5-9,17-18,20H,10-15H2,1-4H3. The Bertz CT molecular complexity index is 403. The second kappa shape index (κ2) is 7.42. The van der Waals surface area contributed by atoms with Crippen molar-refractivity contribution in [1.82, 2.24) is 10.2 Å². The van der Waals surface area contributed by atoms with E-state index in [1.165, 1.54) is 31.2 Å². The zero-order valence-corrected chi connectivity index (χ0v) is 14.2. The van der Waals surface area contributed by atoms with Gasteiger partial charge in [-0.1, -0.05) is 44.2 Å². The van der Waals surface area contributed by atoms with E-state index in [1.807, 2.05) is 0 Å². The molecule has 0 heterocycles. The lowest BCUT2D eigenvalue weighted by Gasteiger charge is -2.34. The molecule has 0 atom stereocenters. The van der Waals surface area contributed by atoms with Crippen LogP contribution in [-0.4, -0.2) is 38.1 Å². The Morgan fingerprint density at radius 3 is 2.24 bits per heavy atom. The Labute approximate surface area is 130 Å². The molecule has 0 unspecified atom stereocenters. The molecular formula is C19H32N2. The summed E-state index contributed by atoms with van der Waals surface area (Å²) >= 11 is 0. The first-order valence-electron chi connectivity index (χ1n) is 8.39. The van der Waals surface area contributed by atoms with E-state index in [0.29, 0.717) is 11.5 Å². The zero-order chi connectivity index (χ0) is 15.3. The topological polar surface area (TPSA) is 15.3 Å². The first kappa shape index (κ1) is 16.5. The van der Waals surface area contributed by atoms with Crippen molar-refractivity contribution in [2.75, 3.05) is 27.2 Å². The second-order valence-corrected chi connectivity index (χ2v) is 7.74. The molecule has 1 aliphatic rings. The van der Waals surface area contributed by atoms with Crippen LogP contribution in [-0.2, 0) is 0 Å². The van der Waals surface area contributed by atoms with Crippen molar-refractivity contribution in [3.05, 3.63) is 35.9 Å². The first-order chi connectivity index (χ1) is 9.96. The fourth-order valence-corrected chi connectivity index (χ4v) is 3.69. The molecule has 2 nitrogen and oxygen atoms in total. The van der Waals surface area contributed by atoms with Gasteiger partial charge in [0, 0.05) is 19.1 Å². The van der Waals surface area contributed by atoms with Gasteiger partial charge in [-0.2, -0.15) is 0 Å². The molecule has 0 aliphatic heterocycles. The minimum absolute atomic E-state index is 0.347. The normalized spacial score (nSPS) is 23.5. The van der Waals surface area contributed by atoms with E-state index < -0.39 is 0 Å². The van der Waals surface area contributed by atoms with E-state index in [9.17, 15) is 0 Å². The highest BCUT2D eigenvalue weighted by molar-refractivity contribution is 5.20. The molecule has 0 aromatic heterocycles. The number of nitrogens with one attached hydrogen (secondary N) is 1. The van der Waals surface area contributed by atoms with Gasteiger partial charge in [0.25, 0.3) is 0 Å². The lowest BCUT2D eigenvalue weighted by atomic mass is 9.81. The summed E-state index contributed by atoms with van der Waals surface area (Å²) in [7, 11) is 4.32. The molecule has 0 saturated heterocycles. The molecule has 0 amide bonds. The van der Waals surface area contributed by atoms with Gasteiger partial charge in [0.1, 0.15) is 0 Å². The van der Waals surface area contributed by atoms with Gasteiger partial charge in [-0.15, -0.1) is 0 Å². The van der Waals surface area contributed by atoms with E-state index in [0.717, 1.165) is 19.0 Å². The third-order valence-electron chi connectivity index (χ3n) is 4.61. The van der Waals surface area contributed by atoms with Crippen molar-refractivity contribution in [3.63, 3.8) is 0 Å². The first-order valence-corrected chi connectivity index (χ1v) is 8.39. The summed E-state index contributed by atoms with van der Waals surface area (Å²) in [6.45, 7) is 6.97. The fraction of sp³-hybridized carbons (Fsp3) is 0.684. The molecule has 1 aromatic rings. The maximum Gasteiger partial charge on any atom is 0.00677 e. The van der Waals surface area contributed by atoms with Crippen LogP contribution < -0.4 is 5.32 Å². The van der Waals surface area contributed by atoms with E-state index in [4.69, 9.17) is 0 Å². The van der Waals surface area contributed by atoms with Gasteiger partial charge >= 0.3 is 0 Å². The molecule has 1 aliphatic carbocycles. The van der Waals surface area contributed by atoms with Crippen molar-refractivity contribution in [2.24, 2.45) is 5.41 Å². The summed E-state index contributed by atoms with van der Waals surface area (Å²) in [6, 6.07) is 11.7. The molecule has 0 radical (unpaired) electrons. The summed E-state index contributed by atoms with van der Waals surface area (Å²) in [5.74, 6) is 0.777. The monoisotopic (exact) mass is 288 g/mol. The highest BCUT2D eigenvalue weighted by Crippen LogP contribution is 2.32. The maximum atomic E-state index is 3.81. The lowest BCUT2D eigenvalue weighted by molar-refractivity contribution is 0.214. The summed E-state index contributed by atoms with van der Waals surface area (Å²) < 4.78 is 0. The highest BCUT2D eigenvalue weighted by Gasteiger charge is 2.25. The predicted octanol–water partition coefficient (Wildman–Crippen LogP) is 3.89. The number of nitrogens with zero attached hydrogens (tertiary/aromatic N) is 1. The molecule has 21 heavy (non-hydrogen) atoms. The van der Waals surface area contributed by atoms with Crippen molar-refractivity contribution >= 4 is 0 Å². The van der Waals surface area contributed by atoms with Crippen LogP contribution in [0.4, 0.5) is 0 Å². The number of hydrogen-bond acceptors (Lipinski definition) is 2. The Kier molecular flexibility index (Phi) is 5.83. The molecule has 1 fully saturated rings. The number of hydrogen-bond donors (Lipinski definition) is 1. The molecule has 0 bridgehead atoms. The minimum Gasteiger partial charge on any atom is -0.313 e. The van der Waals surface area contributed by atoms with Crippen LogP contribution in [0.1, 0.15) is 51.0 Å². The highest BCUT2D eigenvalue weighted by atomic mass is 15.1. The Balaban J connectivity index is 1.74. The smallest absolute Gasteiger partial charge is 0.00677 e. The quantitative estimate of drug-likeness (QED) is 0.854. The number of benzene rings is 1. The molecule has 2 heteroatoms. The summed E-state index contributed by atoms with van der Waals surface area (Å²) in [6.07, 6.45) is 5.29. The van der Waals surface area contributed by atoms with E-state index in [1.54, 1.807) is 0 Å². The van der Waals surface area contributed by atoms with Crippen LogP contribution in [0.2, 0.25) is 0 Å². The molecular weight excluding hydrogens is 256 g/mol. The van der Waals surface area contributed by atoms with Crippen LogP contribution in [0.5, 0.6) is 0 Å². The minimum atomic E-state index is 0.347. The van der Waals surface area contributed by atoms with Crippen molar-refractivity contribution in [2.45, 2.75) is 51.5 Å². The summed E-state index contributed by atoms with van der Waals surface area (Å²) in [4.78, 5) is 2.29. The largest absolute Gasteiger partial charge is 0.313 e. The van der Waals surface area contributed by atoms with Crippen LogP contribution in [0.25, 0.3) is 0 Å². The van der Waals surface area contributed by atoms with Gasteiger partial charge in [-0.3, -0.25) is 0 Å². The van der Waals surface area contributed by atoms with Gasteiger partial charge in [0.05, 0.1) is 0 Å². The van der Waals surface area contributed by atoms with E-state index in [2.05, 4.69) is 68.5 Å². The molecule has 1 N–H and O–H groups in total. The van der Waals surface area contributed by atoms with Crippen LogP contribution in [0.3, 0.4) is 0 Å². The molecule has 1 aromatic carbocycles. The van der Waals surface area contributed by atoms with Crippen molar-refractivity contribution in [3.8, 4) is 0 Å². The third-order valence-corrected chi connectivity index (χ3v) is 4.61. The molecule has 1 saturated carbocycles. The Morgan fingerprint density at radius 2 is 1.67 bits per heavy atom. The van der Waals surface area contributed by atoms with Gasteiger partial charge < -0.3 is 10.2 Å². The maximum absolute atomic E-state index is 3.81. The fourth-order valence-electron chi connectivity index (χ4n) is 3.69. The number of rotatable bonds is 6. The predicted molar refractivity (Wildman–Crippen MR) is 91.8 cm³/mol. The van der Waals surface area contributed by atoms with Gasteiger partial charge in [0.15, 0.2) is 0 Å².